The molecule has 1 saturated heterocycles. The SMILES string of the molecule is CC1CC(NS(C)(=O)=O)CCN(C(=O)Cc2ccccc2-c2c(F)cccc2F)C1. The van der Waals surface area contributed by atoms with E-state index in [1.54, 1.807) is 29.2 Å². The third-order valence-electron chi connectivity index (χ3n) is 5.29. The van der Waals surface area contributed by atoms with Gasteiger partial charge in [0.05, 0.1) is 18.2 Å². The van der Waals surface area contributed by atoms with Gasteiger partial charge < -0.3 is 4.90 Å². The van der Waals surface area contributed by atoms with Crippen LogP contribution in [-0.4, -0.2) is 44.6 Å². The highest BCUT2D eigenvalue weighted by Gasteiger charge is 2.27. The molecule has 0 radical (unpaired) electrons. The van der Waals surface area contributed by atoms with Gasteiger partial charge in [-0.2, -0.15) is 0 Å². The maximum Gasteiger partial charge on any atom is 0.227 e. The van der Waals surface area contributed by atoms with Crippen molar-refractivity contribution in [2.45, 2.75) is 32.2 Å². The van der Waals surface area contributed by atoms with Gasteiger partial charge in [0.2, 0.25) is 15.9 Å². The van der Waals surface area contributed by atoms with Crippen molar-refractivity contribution in [3.63, 3.8) is 0 Å². The fourth-order valence-electron chi connectivity index (χ4n) is 4.04. The van der Waals surface area contributed by atoms with Crippen molar-refractivity contribution in [1.82, 2.24) is 9.62 Å². The fourth-order valence-corrected chi connectivity index (χ4v) is 4.86. The molecular formula is C22H26F2N2O3S. The maximum atomic E-state index is 14.3. The molecular weight excluding hydrogens is 410 g/mol. The topological polar surface area (TPSA) is 66.5 Å². The van der Waals surface area contributed by atoms with Crippen LogP contribution in [-0.2, 0) is 21.2 Å². The zero-order valence-electron chi connectivity index (χ0n) is 17.1. The normalized spacial score (nSPS) is 20.1. The molecule has 2 unspecified atom stereocenters. The maximum absolute atomic E-state index is 14.3. The fraction of sp³-hybridized carbons (Fsp3) is 0.409. The van der Waals surface area contributed by atoms with Gasteiger partial charge in [0.25, 0.3) is 0 Å². The first kappa shape index (κ1) is 22.4. The van der Waals surface area contributed by atoms with Crippen LogP contribution in [0.5, 0.6) is 0 Å². The molecule has 2 aromatic carbocycles. The lowest BCUT2D eigenvalue weighted by Gasteiger charge is -2.23. The highest BCUT2D eigenvalue weighted by Crippen LogP contribution is 2.30. The molecule has 0 aromatic heterocycles. The van der Waals surface area contributed by atoms with Crippen LogP contribution >= 0.6 is 0 Å². The molecule has 0 saturated carbocycles. The minimum Gasteiger partial charge on any atom is -0.342 e. The summed E-state index contributed by atoms with van der Waals surface area (Å²) in [5.41, 5.74) is 0.776. The molecule has 162 valence electrons. The van der Waals surface area contributed by atoms with E-state index >= 15 is 0 Å². The van der Waals surface area contributed by atoms with E-state index in [9.17, 15) is 22.0 Å². The molecule has 3 rings (SSSR count). The van der Waals surface area contributed by atoms with Crippen LogP contribution in [0.15, 0.2) is 42.5 Å². The first-order valence-corrected chi connectivity index (χ1v) is 11.8. The first-order chi connectivity index (χ1) is 14.1. The van der Waals surface area contributed by atoms with Crippen LogP contribution < -0.4 is 4.72 Å². The Kier molecular flexibility index (Phi) is 6.88. The van der Waals surface area contributed by atoms with Crippen molar-refractivity contribution in [2.24, 2.45) is 5.92 Å². The van der Waals surface area contributed by atoms with E-state index in [4.69, 9.17) is 0 Å². The smallest absolute Gasteiger partial charge is 0.227 e. The van der Waals surface area contributed by atoms with Crippen LogP contribution in [0.4, 0.5) is 8.78 Å². The molecule has 0 bridgehead atoms. The summed E-state index contributed by atoms with van der Waals surface area (Å²) < 4.78 is 54.3. The number of amides is 1. The molecule has 0 spiro atoms. The van der Waals surface area contributed by atoms with E-state index in [0.29, 0.717) is 37.1 Å². The molecule has 1 aliphatic heterocycles. The van der Waals surface area contributed by atoms with Gasteiger partial charge in [-0.1, -0.05) is 37.3 Å². The largest absolute Gasteiger partial charge is 0.342 e. The summed E-state index contributed by atoms with van der Waals surface area (Å²) in [6.07, 6.45) is 2.31. The number of hydrogen-bond donors (Lipinski definition) is 1. The summed E-state index contributed by atoms with van der Waals surface area (Å²) in [7, 11) is -3.32. The number of carbonyl (C=O) groups is 1. The Balaban J connectivity index is 1.79. The highest BCUT2D eigenvalue weighted by atomic mass is 32.2. The number of nitrogens with zero attached hydrogens (tertiary/aromatic N) is 1. The summed E-state index contributed by atoms with van der Waals surface area (Å²) in [6.45, 7) is 2.91. The van der Waals surface area contributed by atoms with Crippen molar-refractivity contribution in [1.29, 1.82) is 0 Å². The van der Waals surface area contributed by atoms with Crippen molar-refractivity contribution in [3.8, 4) is 11.1 Å². The molecule has 5 nitrogen and oxygen atoms in total. The van der Waals surface area contributed by atoms with E-state index in [1.165, 1.54) is 18.2 Å². The lowest BCUT2D eigenvalue weighted by atomic mass is 9.96. The molecule has 1 fully saturated rings. The number of carbonyl (C=O) groups excluding carboxylic acids is 1. The number of hydrogen-bond acceptors (Lipinski definition) is 3. The third kappa shape index (κ3) is 5.64. The van der Waals surface area contributed by atoms with Gasteiger partial charge >= 0.3 is 0 Å². The van der Waals surface area contributed by atoms with Gasteiger partial charge in [-0.15, -0.1) is 0 Å². The number of likely N-dealkylation sites (tertiary alicyclic amines) is 1. The second-order valence-electron chi connectivity index (χ2n) is 7.99. The molecule has 30 heavy (non-hydrogen) atoms. The Morgan fingerprint density at radius 1 is 1.13 bits per heavy atom. The second kappa shape index (κ2) is 9.22. The number of halogens is 2. The molecule has 1 aliphatic rings. The number of rotatable bonds is 5. The zero-order valence-corrected chi connectivity index (χ0v) is 17.9. The Labute approximate surface area is 176 Å². The van der Waals surface area contributed by atoms with Gasteiger partial charge in [0, 0.05) is 19.1 Å². The molecule has 1 N–H and O–H groups in total. The van der Waals surface area contributed by atoms with Crippen molar-refractivity contribution >= 4 is 15.9 Å². The average Bonchev–Trinajstić information content (AvgIpc) is 2.82. The third-order valence-corrected chi connectivity index (χ3v) is 6.05. The lowest BCUT2D eigenvalue weighted by molar-refractivity contribution is -0.130. The lowest BCUT2D eigenvalue weighted by Crippen LogP contribution is -2.36. The summed E-state index contributed by atoms with van der Waals surface area (Å²) in [6, 6.07) is 10.2. The van der Waals surface area contributed by atoms with Gasteiger partial charge in [0.15, 0.2) is 0 Å². The predicted molar refractivity (Wildman–Crippen MR) is 112 cm³/mol. The predicted octanol–water partition coefficient (Wildman–Crippen LogP) is 3.35. The Morgan fingerprint density at radius 3 is 2.47 bits per heavy atom. The monoisotopic (exact) mass is 436 g/mol. The summed E-state index contributed by atoms with van der Waals surface area (Å²) in [5.74, 6) is -1.37. The van der Waals surface area contributed by atoms with Gasteiger partial charge in [-0.3, -0.25) is 4.79 Å². The van der Waals surface area contributed by atoms with E-state index in [1.807, 2.05) is 6.92 Å². The van der Waals surface area contributed by atoms with E-state index in [2.05, 4.69) is 4.72 Å². The van der Waals surface area contributed by atoms with E-state index in [0.717, 1.165) is 6.26 Å². The van der Waals surface area contributed by atoms with Crippen molar-refractivity contribution < 1.29 is 22.0 Å². The molecule has 2 aromatic rings. The standard InChI is InChI=1S/C22H26F2N2O3S/c1-15-12-17(25-30(2,28)29)10-11-26(14-15)21(27)13-16-6-3-4-7-18(16)22-19(23)8-5-9-20(22)24/h3-9,15,17,25H,10-14H2,1-2H3. The van der Waals surface area contributed by atoms with Crippen molar-refractivity contribution in [2.75, 3.05) is 19.3 Å². The molecule has 0 aliphatic carbocycles. The van der Waals surface area contributed by atoms with Crippen LogP contribution in [0.3, 0.4) is 0 Å². The van der Waals surface area contributed by atoms with E-state index < -0.39 is 21.7 Å². The summed E-state index contributed by atoms with van der Waals surface area (Å²) in [5, 5.41) is 0. The van der Waals surface area contributed by atoms with Crippen LogP contribution in [0, 0.1) is 17.6 Å². The number of benzene rings is 2. The molecule has 8 heteroatoms. The Bertz CT molecular complexity index is 1010. The Hall–Kier alpha value is -2.32. The zero-order chi connectivity index (χ0) is 21.9. The van der Waals surface area contributed by atoms with Crippen LogP contribution in [0.2, 0.25) is 0 Å². The van der Waals surface area contributed by atoms with E-state index in [-0.39, 0.29) is 29.9 Å². The molecule has 1 amide bonds. The average molecular weight is 437 g/mol. The second-order valence-corrected chi connectivity index (χ2v) is 9.77. The first-order valence-electron chi connectivity index (χ1n) is 9.91. The molecule has 1 heterocycles. The van der Waals surface area contributed by atoms with Crippen molar-refractivity contribution in [3.05, 3.63) is 59.7 Å². The van der Waals surface area contributed by atoms with Crippen LogP contribution in [0.1, 0.15) is 25.3 Å². The number of sulfonamides is 1. The van der Waals surface area contributed by atoms with Gasteiger partial charge in [0.1, 0.15) is 11.6 Å². The van der Waals surface area contributed by atoms with Crippen LogP contribution in [0.25, 0.3) is 11.1 Å². The minimum atomic E-state index is -3.32. The number of nitrogens with one attached hydrogen (secondary N) is 1. The van der Waals surface area contributed by atoms with Gasteiger partial charge in [-0.25, -0.2) is 21.9 Å². The van der Waals surface area contributed by atoms with Gasteiger partial charge in [-0.05, 0) is 42.0 Å². The molecule has 2 atom stereocenters. The quantitative estimate of drug-likeness (QED) is 0.782. The summed E-state index contributed by atoms with van der Waals surface area (Å²) >= 11 is 0. The summed E-state index contributed by atoms with van der Waals surface area (Å²) in [4.78, 5) is 14.7. The highest BCUT2D eigenvalue weighted by molar-refractivity contribution is 7.88. The minimum absolute atomic E-state index is 0.0147. The Morgan fingerprint density at radius 2 is 1.80 bits per heavy atom.